The molecule has 0 radical (unpaired) electrons. The van der Waals surface area contributed by atoms with Crippen molar-refractivity contribution < 1.29 is 36.4 Å². The van der Waals surface area contributed by atoms with E-state index in [0.29, 0.717) is 18.4 Å². The molecule has 2 fully saturated rings. The fourth-order valence-corrected chi connectivity index (χ4v) is 7.16. The van der Waals surface area contributed by atoms with E-state index in [1.807, 2.05) is 28.7 Å². The van der Waals surface area contributed by atoms with Gasteiger partial charge in [0.15, 0.2) is 0 Å². The van der Waals surface area contributed by atoms with E-state index in [1.54, 1.807) is 6.07 Å². The molecule has 172 valence electrons. The summed E-state index contributed by atoms with van der Waals surface area (Å²) in [5.74, 6) is -1.97. The summed E-state index contributed by atoms with van der Waals surface area (Å²) in [5.41, 5.74) is -4.30. The van der Waals surface area contributed by atoms with Crippen LogP contribution in [0.15, 0.2) is 12.1 Å². The molecular weight excluding hydrogens is 772 g/mol. The molecule has 0 saturated heterocycles. The van der Waals surface area contributed by atoms with Crippen molar-refractivity contribution in [1.82, 2.24) is 0 Å². The van der Waals surface area contributed by atoms with Gasteiger partial charge in [-0.1, -0.05) is 19.3 Å². The normalized spacial score (nSPS) is 26.7. The first kappa shape index (κ1) is 25.8. The molecular formula is C19H19FI3O7S-. The number of fused-ring (bicyclic) bond motifs is 2. The molecule has 3 rings (SSSR count). The largest absolute Gasteiger partial charge is 0.745 e. The van der Waals surface area contributed by atoms with E-state index in [0.717, 1.165) is 36.4 Å². The lowest BCUT2D eigenvalue weighted by Gasteiger charge is -2.46. The number of rotatable bonds is 6. The zero-order valence-electron chi connectivity index (χ0n) is 16.1. The van der Waals surface area contributed by atoms with E-state index < -0.39 is 33.2 Å². The third-order valence-electron chi connectivity index (χ3n) is 5.65. The number of halogens is 4. The minimum atomic E-state index is -5.49. The first-order valence-electron chi connectivity index (χ1n) is 9.53. The molecule has 2 aliphatic rings. The number of carbonyl (C=O) groups excluding carboxylic acids is 2. The molecule has 0 aliphatic heterocycles. The van der Waals surface area contributed by atoms with Gasteiger partial charge in [0.05, 0.1) is 5.56 Å². The molecule has 3 unspecified atom stereocenters. The highest BCUT2D eigenvalue weighted by Gasteiger charge is 2.47. The lowest BCUT2D eigenvalue weighted by Crippen LogP contribution is -2.50. The number of hydrogen-bond donors (Lipinski definition) is 0. The van der Waals surface area contributed by atoms with Gasteiger partial charge < -0.3 is 14.0 Å². The van der Waals surface area contributed by atoms with Crippen LogP contribution >= 0.6 is 67.8 Å². The molecule has 2 aliphatic carbocycles. The van der Waals surface area contributed by atoms with Crippen molar-refractivity contribution in [2.75, 3.05) is 6.61 Å². The summed E-state index contributed by atoms with van der Waals surface area (Å²) in [6, 6.07) is 3.60. The average Bonchev–Trinajstić information content (AvgIpc) is 2.67. The molecule has 0 heterocycles. The lowest BCUT2D eigenvalue weighted by atomic mass is 9.66. The van der Waals surface area contributed by atoms with Crippen molar-refractivity contribution in [3.8, 4) is 0 Å². The Morgan fingerprint density at radius 2 is 1.81 bits per heavy atom. The monoisotopic (exact) mass is 791 g/mol. The van der Waals surface area contributed by atoms with Gasteiger partial charge in [-0.3, -0.25) is 0 Å². The zero-order valence-corrected chi connectivity index (χ0v) is 23.4. The Morgan fingerprint density at radius 3 is 2.39 bits per heavy atom. The van der Waals surface area contributed by atoms with Gasteiger partial charge in [0.1, 0.15) is 22.3 Å². The van der Waals surface area contributed by atoms with Gasteiger partial charge in [0, 0.05) is 10.7 Å². The van der Waals surface area contributed by atoms with E-state index in [-0.39, 0.29) is 18.4 Å². The molecule has 0 amide bonds. The van der Waals surface area contributed by atoms with E-state index in [4.69, 9.17) is 9.47 Å². The third-order valence-corrected chi connectivity index (χ3v) is 10.0. The van der Waals surface area contributed by atoms with Crippen LogP contribution in [0.5, 0.6) is 0 Å². The second-order valence-corrected chi connectivity index (χ2v) is 12.9. The number of ether oxygens (including phenoxy) is 2. The Bertz CT molecular complexity index is 973. The van der Waals surface area contributed by atoms with Crippen LogP contribution in [0.4, 0.5) is 4.39 Å². The molecule has 12 heteroatoms. The molecule has 7 nitrogen and oxygen atoms in total. The van der Waals surface area contributed by atoms with E-state index >= 15 is 0 Å². The topological polar surface area (TPSA) is 110 Å². The van der Waals surface area contributed by atoms with Crippen LogP contribution in [0.25, 0.3) is 0 Å². The number of carbonyl (C=O) groups is 2. The Labute approximate surface area is 220 Å². The zero-order chi connectivity index (χ0) is 23.0. The predicted molar refractivity (Wildman–Crippen MR) is 133 cm³/mol. The molecule has 1 aromatic rings. The summed E-state index contributed by atoms with van der Waals surface area (Å²) in [6.07, 6.45) is 4.41. The first-order valence-corrected chi connectivity index (χ1v) is 14.2. The summed E-state index contributed by atoms with van der Waals surface area (Å²) in [7, 11) is -5.49. The Hall–Kier alpha value is 0.190. The van der Waals surface area contributed by atoms with Gasteiger partial charge in [-0.25, -0.2) is 22.4 Å². The summed E-state index contributed by atoms with van der Waals surface area (Å²) < 4.78 is 59.9. The molecule has 0 spiro atoms. The standard InChI is InChI=1S/C19H20FI3O7S/c20-16(31(26,27)28)18(25)30-19(7-10-2-1-3-11(4-10)8-19)9-29-17(24)13-5-12(21)6-14(22)15(13)23/h5-6,10-11,16H,1-4,7-9H2,(H,26,27,28)/p-1. The molecule has 0 aromatic heterocycles. The fourth-order valence-electron chi connectivity index (χ4n) is 4.50. The third kappa shape index (κ3) is 6.41. The second-order valence-electron chi connectivity index (χ2n) is 8.05. The fraction of sp³-hybridized carbons (Fsp3) is 0.579. The number of alkyl halides is 1. The van der Waals surface area contributed by atoms with Crippen LogP contribution in [-0.2, 0) is 24.4 Å². The van der Waals surface area contributed by atoms with Gasteiger partial charge in [0.2, 0.25) is 0 Å². The van der Waals surface area contributed by atoms with Gasteiger partial charge in [0.25, 0.3) is 5.50 Å². The van der Waals surface area contributed by atoms with E-state index in [9.17, 15) is 27.0 Å². The summed E-state index contributed by atoms with van der Waals surface area (Å²) >= 11 is 6.25. The highest BCUT2D eigenvalue weighted by atomic mass is 127. The minimum Gasteiger partial charge on any atom is -0.745 e. The highest BCUT2D eigenvalue weighted by Crippen LogP contribution is 2.46. The van der Waals surface area contributed by atoms with Gasteiger partial charge in [-0.15, -0.1) is 0 Å². The maximum absolute atomic E-state index is 13.8. The molecule has 2 saturated carbocycles. The van der Waals surface area contributed by atoms with Crippen LogP contribution in [0.2, 0.25) is 0 Å². The van der Waals surface area contributed by atoms with Crippen molar-refractivity contribution >= 4 is 89.8 Å². The molecule has 31 heavy (non-hydrogen) atoms. The molecule has 0 N–H and O–H groups in total. The van der Waals surface area contributed by atoms with Crippen molar-refractivity contribution in [2.24, 2.45) is 11.8 Å². The molecule has 2 bridgehead atoms. The minimum absolute atomic E-state index is 0.194. The quantitative estimate of drug-likeness (QED) is 0.182. The Kier molecular flexibility index (Phi) is 8.50. The van der Waals surface area contributed by atoms with Crippen LogP contribution in [0.1, 0.15) is 48.9 Å². The molecule has 3 atom stereocenters. The Balaban J connectivity index is 1.82. The van der Waals surface area contributed by atoms with Crippen LogP contribution in [-0.4, -0.2) is 42.6 Å². The molecule has 1 aromatic carbocycles. The second kappa shape index (κ2) is 10.2. The van der Waals surface area contributed by atoms with Crippen molar-refractivity contribution in [3.63, 3.8) is 0 Å². The van der Waals surface area contributed by atoms with Gasteiger partial charge in [-0.05, 0) is 111 Å². The van der Waals surface area contributed by atoms with Gasteiger partial charge >= 0.3 is 11.9 Å². The van der Waals surface area contributed by atoms with Crippen molar-refractivity contribution in [1.29, 1.82) is 0 Å². The van der Waals surface area contributed by atoms with E-state index in [1.165, 1.54) is 0 Å². The SMILES string of the molecule is O=C(OCC1(OC(=O)C(F)S(=O)(=O)[O-])CC2CCCC(C2)C1)c1cc(I)cc(I)c1I. The average molecular weight is 791 g/mol. The summed E-state index contributed by atoms with van der Waals surface area (Å²) in [6.45, 7) is -0.325. The number of esters is 2. The van der Waals surface area contributed by atoms with Gasteiger partial charge in [-0.2, -0.15) is 0 Å². The number of benzene rings is 1. The maximum Gasteiger partial charge on any atom is 0.356 e. The predicted octanol–water partition coefficient (Wildman–Crippen LogP) is 4.38. The Morgan fingerprint density at radius 1 is 1.19 bits per heavy atom. The van der Waals surface area contributed by atoms with Crippen molar-refractivity contribution in [3.05, 3.63) is 28.4 Å². The van der Waals surface area contributed by atoms with Crippen LogP contribution < -0.4 is 0 Å². The maximum atomic E-state index is 13.8. The van der Waals surface area contributed by atoms with Crippen molar-refractivity contribution in [2.45, 2.75) is 49.6 Å². The summed E-state index contributed by atoms with van der Waals surface area (Å²) in [4.78, 5) is 24.9. The van der Waals surface area contributed by atoms with E-state index in [2.05, 4.69) is 45.2 Å². The van der Waals surface area contributed by atoms with Crippen LogP contribution in [0.3, 0.4) is 0 Å². The summed E-state index contributed by atoms with van der Waals surface area (Å²) in [5, 5.41) is 0. The smallest absolute Gasteiger partial charge is 0.356 e. The lowest BCUT2D eigenvalue weighted by molar-refractivity contribution is -0.179. The number of hydrogen-bond acceptors (Lipinski definition) is 7. The first-order chi connectivity index (χ1) is 14.4. The van der Waals surface area contributed by atoms with Crippen LogP contribution in [0, 0.1) is 22.5 Å². The highest BCUT2D eigenvalue weighted by molar-refractivity contribution is 14.1.